The van der Waals surface area contributed by atoms with Crippen LogP contribution in [0.25, 0.3) is 0 Å². The van der Waals surface area contributed by atoms with Gasteiger partial charge in [0.25, 0.3) is 0 Å². The van der Waals surface area contributed by atoms with E-state index in [0.717, 1.165) is 31.8 Å². The van der Waals surface area contributed by atoms with Gasteiger partial charge in [-0.05, 0) is 31.7 Å². The normalized spacial score (nSPS) is 21.1. The van der Waals surface area contributed by atoms with Crippen molar-refractivity contribution < 1.29 is 4.79 Å². The summed E-state index contributed by atoms with van der Waals surface area (Å²) in [6.45, 7) is 8.62. The van der Waals surface area contributed by atoms with Gasteiger partial charge in [-0.2, -0.15) is 0 Å². The van der Waals surface area contributed by atoms with E-state index in [-0.39, 0.29) is 29.8 Å². The zero-order valence-electron chi connectivity index (χ0n) is 12.5. The molecule has 1 aromatic heterocycles. The second kappa shape index (κ2) is 7.09. The van der Waals surface area contributed by atoms with Gasteiger partial charge in [0.05, 0.1) is 6.04 Å². The van der Waals surface area contributed by atoms with Crippen molar-refractivity contribution in [1.29, 1.82) is 0 Å². The zero-order chi connectivity index (χ0) is 13.9. The van der Waals surface area contributed by atoms with E-state index >= 15 is 0 Å². The van der Waals surface area contributed by atoms with E-state index in [1.54, 1.807) is 6.20 Å². The smallest absolute Gasteiger partial charge is 0.237 e. The molecule has 0 saturated carbocycles. The first-order valence-corrected chi connectivity index (χ1v) is 6.99. The number of nitrogens with one attached hydrogen (secondary N) is 2. The number of carbonyl (C=O) groups excluding carboxylic acids is 1. The van der Waals surface area contributed by atoms with Gasteiger partial charge >= 0.3 is 0 Å². The number of rotatable bonds is 4. The molecule has 1 saturated heterocycles. The number of aromatic nitrogens is 2. The molecule has 2 N–H and O–H groups in total. The maximum absolute atomic E-state index is 12.2. The molecule has 1 fully saturated rings. The predicted octanol–water partition coefficient (Wildman–Crippen LogP) is 1.51. The van der Waals surface area contributed by atoms with E-state index in [9.17, 15) is 4.79 Å². The molecule has 0 bridgehead atoms. The highest BCUT2D eigenvalue weighted by Gasteiger charge is 2.36. The van der Waals surface area contributed by atoms with Gasteiger partial charge in [0.2, 0.25) is 5.91 Å². The number of aryl methyl sites for hydroxylation is 1. The molecule has 0 aliphatic carbocycles. The van der Waals surface area contributed by atoms with Crippen LogP contribution in [0.4, 0.5) is 0 Å². The average Bonchev–Trinajstić information content (AvgIpc) is 2.74. The largest absolute Gasteiger partial charge is 0.353 e. The van der Waals surface area contributed by atoms with Crippen molar-refractivity contribution in [2.24, 2.45) is 5.41 Å². The molecule has 1 aliphatic heterocycles. The summed E-state index contributed by atoms with van der Waals surface area (Å²) in [6, 6.07) is -0.0786. The summed E-state index contributed by atoms with van der Waals surface area (Å²) in [7, 11) is 0. The molecule has 0 aromatic carbocycles. The molecular weight excluding hydrogens is 276 g/mol. The van der Waals surface area contributed by atoms with Gasteiger partial charge in [0, 0.05) is 25.5 Å². The van der Waals surface area contributed by atoms with Crippen LogP contribution in [0.1, 0.15) is 32.5 Å². The summed E-state index contributed by atoms with van der Waals surface area (Å²) in [5.41, 5.74) is 0.0350. The molecule has 6 heteroatoms. The third kappa shape index (κ3) is 3.96. The first-order chi connectivity index (χ1) is 9.00. The van der Waals surface area contributed by atoms with Gasteiger partial charge in [-0.25, -0.2) is 4.98 Å². The molecule has 0 radical (unpaired) electrons. The van der Waals surface area contributed by atoms with Crippen molar-refractivity contribution in [3.05, 3.63) is 18.2 Å². The number of piperidine rings is 1. The molecule has 0 spiro atoms. The minimum Gasteiger partial charge on any atom is -0.353 e. The lowest BCUT2D eigenvalue weighted by Crippen LogP contribution is -2.55. The monoisotopic (exact) mass is 300 g/mol. The van der Waals surface area contributed by atoms with Crippen molar-refractivity contribution >= 4 is 18.3 Å². The summed E-state index contributed by atoms with van der Waals surface area (Å²) in [6.07, 6.45) is 5.96. The Kier molecular flexibility index (Phi) is 6.02. The SMILES string of the molecule is Cc1nccn1CCNC(=O)C1NCCCC1(C)C.Cl. The zero-order valence-corrected chi connectivity index (χ0v) is 13.3. The van der Waals surface area contributed by atoms with Gasteiger partial charge in [-0.3, -0.25) is 4.79 Å². The van der Waals surface area contributed by atoms with E-state index in [1.807, 2.05) is 17.7 Å². The lowest BCUT2D eigenvalue weighted by molar-refractivity contribution is -0.126. The predicted molar refractivity (Wildman–Crippen MR) is 82.0 cm³/mol. The minimum absolute atomic E-state index is 0. The number of halogens is 1. The van der Waals surface area contributed by atoms with Crippen molar-refractivity contribution in [3.63, 3.8) is 0 Å². The molecule has 114 valence electrons. The van der Waals surface area contributed by atoms with Crippen LogP contribution in [0, 0.1) is 12.3 Å². The van der Waals surface area contributed by atoms with Crippen LogP contribution < -0.4 is 10.6 Å². The maximum atomic E-state index is 12.2. The van der Waals surface area contributed by atoms with E-state index in [0.29, 0.717) is 6.54 Å². The third-order valence-electron chi connectivity index (χ3n) is 3.97. The molecule has 1 aromatic rings. The number of hydrogen-bond donors (Lipinski definition) is 2. The van der Waals surface area contributed by atoms with Crippen LogP contribution in [0.5, 0.6) is 0 Å². The number of carbonyl (C=O) groups is 1. The van der Waals surface area contributed by atoms with Crippen LogP contribution in [0.3, 0.4) is 0 Å². The fourth-order valence-electron chi connectivity index (χ4n) is 2.70. The van der Waals surface area contributed by atoms with Crippen LogP contribution in [-0.2, 0) is 11.3 Å². The van der Waals surface area contributed by atoms with Gasteiger partial charge in [-0.15, -0.1) is 12.4 Å². The van der Waals surface area contributed by atoms with Crippen LogP contribution >= 0.6 is 12.4 Å². The number of amides is 1. The Hall–Kier alpha value is -1.07. The summed E-state index contributed by atoms with van der Waals surface area (Å²) >= 11 is 0. The topological polar surface area (TPSA) is 59.0 Å². The summed E-state index contributed by atoms with van der Waals surface area (Å²) in [4.78, 5) is 16.4. The van der Waals surface area contributed by atoms with Crippen molar-refractivity contribution in [1.82, 2.24) is 20.2 Å². The molecule has 2 rings (SSSR count). The fraction of sp³-hybridized carbons (Fsp3) is 0.714. The molecule has 1 unspecified atom stereocenters. The Morgan fingerprint density at radius 2 is 2.35 bits per heavy atom. The summed E-state index contributed by atoms with van der Waals surface area (Å²) < 4.78 is 2.04. The van der Waals surface area contributed by atoms with Crippen molar-refractivity contribution in [2.75, 3.05) is 13.1 Å². The lowest BCUT2D eigenvalue weighted by Gasteiger charge is -2.38. The molecule has 2 heterocycles. The highest BCUT2D eigenvalue weighted by atomic mass is 35.5. The van der Waals surface area contributed by atoms with Crippen molar-refractivity contribution in [3.8, 4) is 0 Å². The standard InChI is InChI=1S/C14H24N4O.ClH/c1-11-15-7-9-18(11)10-8-17-13(19)12-14(2,3)5-4-6-16-12;/h7,9,12,16H,4-6,8,10H2,1-3H3,(H,17,19);1H. The third-order valence-corrected chi connectivity index (χ3v) is 3.97. The maximum Gasteiger partial charge on any atom is 0.237 e. The number of nitrogens with zero attached hydrogens (tertiary/aromatic N) is 2. The second-order valence-electron chi connectivity index (χ2n) is 5.94. The molecule has 20 heavy (non-hydrogen) atoms. The molecule has 5 nitrogen and oxygen atoms in total. The van der Waals surface area contributed by atoms with Gasteiger partial charge in [0.15, 0.2) is 0 Å². The number of imidazole rings is 1. The van der Waals surface area contributed by atoms with E-state index < -0.39 is 0 Å². The van der Waals surface area contributed by atoms with Crippen LogP contribution in [-0.4, -0.2) is 34.6 Å². The Morgan fingerprint density at radius 1 is 1.60 bits per heavy atom. The summed E-state index contributed by atoms with van der Waals surface area (Å²) in [5.74, 6) is 1.09. The quantitative estimate of drug-likeness (QED) is 0.886. The van der Waals surface area contributed by atoms with Crippen molar-refractivity contribution in [2.45, 2.75) is 46.2 Å². The van der Waals surface area contributed by atoms with Gasteiger partial charge < -0.3 is 15.2 Å². The fourth-order valence-corrected chi connectivity index (χ4v) is 2.70. The Labute approximate surface area is 126 Å². The van der Waals surface area contributed by atoms with Crippen LogP contribution in [0.15, 0.2) is 12.4 Å². The average molecular weight is 301 g/mol. The van der Waals surface area contributed by atoms with E-state index in [1.165, 1.54) is 0 Å². The lowest BCUT2D eigenvalue weighted by atomic mass is 9.77. The van der Waals surface area contributed by atoms with E-state index in [2.05, 4.69) is 29.5 Å². The Balaban J connectivity index is 0.00000200. The Bertz CT molecular complexity index is 444. The highest BCUT2D eigenvalue weighted by Crippen LogP contribution is 2.29. The van der Waals surface area contributed by atoms with Gasteiger partial charge in [0.1, 0.15) is 5.82 Å². The minimum atomic E-state index is -0.0786. The molecule has 1 aliphatic rings. The van der Waals surface area contributed by atoms with Crippen LogP contribution in [0.2, 0.25) is 0 Å². The van der Waals surface area contributed by atoms with E-state index in [4.69, 9.17) is 0 Å². The van der Waals surface area contributed by atoms with Gasteiger partial charge in [-0.1, -0.05) is 13.8 Å². The first-order valence-electron chi connectivity index (χ1n) is 6.99. The summed E-state index contributed by atoms with van der Waals surface area (Å²) in [5, 5.41) is 6.36. The molecule has 1 amide bonds. The second-order valence-corrected chi connectivity index (χ2v) is 5.94. The number of hydrogen-bond acceptors (Lipinski definition) is 3. The highest BCUT2D eigenvalue weighted by molar-refractivity contribution is 5.85. The Morgan fingerprint density at radius 3 is 2.95 bits per heavy atom. The molecule has 1 atom stereocenters. The molecular formula is C14H25ClN4O. The first kappa shape index (κ1) is 17.0.